The summed E-state index contributed by atoms with van der Waals surface area (Å²) in [6, 6.07) is 20.9. The standard InChI is InChI=1S/C21H16N2O2/c1-14-5-4-6-16(20(14)24)13-22-17-11-9-15(10-12-17)21-23-18-7-2-3-8-19(18)25-21/h2-13,24H,1H3. The summed E-state index contributed by atoms with van der Waals surface area (Å²) < 4.78 is 5.77. The molecule has 0 atom stereocenters. The fraction of sp³-hybridized carbons (Fsp3) is 0.0476. The van der Waals surface area contributed by atoms with Crippen molar-refractivity contribution in [1.29, 1.82) is 0 Å². The lowest BCUT2D eigenvalue weighted by Crippen LogP contribution is -1.84. The minimum atomic E-state index is 0.259. The molecule has 4 heteroatoms. The van der Waals surface area contributed by atoms with Crippen molar-refractivity contribution >= 4 is 23.0 Å². The number of benzene rings is 3. The molecule has 0 spiro atoms. The van der Waals surface area contributed by atoms with Gasteiger partial charge in [-0.15, -0.1) is 0 Å². The van der Waals surface area contributed by atoms with E-state index in [1.54, 1.807) is 6.21 Å². The Bertz CT molecular complexity index is 1030. The van der Waals surface area contributed by atoms with Crippen LogP contribution in [-0.4, -0.2) is 16.3 Å². The quantitative estimate of drug-likeness (QED) is 0.522. The Morgan fingerprint density at radius 3 is 2.56 bits per heavy atom. The van der Waals surface area contributed by atoms with E-state index >= 15 is 0 Å². The molecule has 122 valence electrons. The van der Waals surface area contributed by atoms with E-state index in [1.807, 2.05) is 73.7 Å². The summed E-state index contributed by atoms with van der Waals surface area (Å²) in [5, 5.41) is 10.0. The van der Waals surface area contributed by atoms with Crippen molar-refractivity contribution in [3.63, 3.8) is 0 Å². The Balaban J connectivity index is 1.59. The first-order chi connectivity index (χ1) is 12.2. The molecule has 3 aromatic carbocycles. The second-order valence-corrected chi connectivity index (χ2v) is 5.80. The third-order valence-electron chi connectivity index (χ3n) is 4.03. The highest BCUT2D eigenvalue weighted by Crippen LogP contribution is 2.26. The zero-order valence-corrected chi connectivity index (χ0v) is 13.7. The zero-order valence-electron chi connectivity index (χ0n) is 13.7. The van der Waals surface area contributed by atoms with E-state index in [4.69, 9.17) is 4.42 Å². The summed E-state index contributed by atoms with van der Waals surface area (Å²) in [5.74, 6) is 0.849. The summed E-state index contributed by atoms with van der Waals surface area (Å²) >= 11 is 0. The molecule has 25 heavy (non-hydrogen) atoms. The number of rotatable bonds is 3. The molecule has 0 bridgehead atoms. The van der Waals surface area contributed by atoms with E-state index in [0.29, 0.717) is 11.5 Å². The molecular weight excluding hydrogens is 312 g/mol. The summed E-state index contributed by atoms with van der Waals surface area (Å²) in [5.41, 5.74) is 4.83. The van der Waals surface area contributed by atoms with Crippen LogP contribution in [-0.2, 0) is 0 Å². The summed E-state index contributed by atoms with van der Waals surface area (Å²) in [6.07, 6.45) is 1.66. The summed E-state index contributed by atoms with van der Waals surface area (Å²) in [6.45, 7) is 1.86. The molecule has 0 radical (unpaired) electrons. The van der Waals surface area contributed by atoms with Crippen LogP contribution in [0.3, 0.4) is 0 Å². The van der Waals surface area contributed by atoms with Crippen LogP contribution in [0.1, 0.15) is 11.1 Å². The van der Waals surface area contributed by atoms with Gasteiger partial charge >= 0.3 is 0 Å². The Labute approximate surface area is 145 Å². The molecule has 0 unspecified atom stereocenters. The first-order valence-electron chi connectivity index (χ1n) is 7.99. The number of aliphatic imine (C=N–C) groups is 1. The van der Waals surface area contributed by atoms with Gasteiger partial charge in [0.05, 0.1) is 5.69 Å². The molecule has 0 aliphatic carbocycles. The second kappa shape index (κ2) is 6.24. The molecule has 0 aliphatic rings. The van der Waals surface area contributed by atoms with Gasteiger partial charge in [-0.3, -0.25) is 4.99 Å². The zero-order chi connectivity index (χ0) is 17.2. The number of oxazole rings is 1. The van der Waals surface area contributed by atoms with Crippen LogP contribution in [0.15, 0.2) is 76.1 Å². The predicted octanol–water partition coefficient (Wildman–Crippen LogP) is 5.26. The van der Waals surface area contributed by atoms with Gasteiger partial charge in [-0.1, -0.05) is 24.3 Å². The van der Waals surface area contributed by atoms with Crippen molar-refractivity contribution in [2.45, 2.75) is 6.92 Å². The van der Waals surface area contributed by atoms with Gasteiger partial charge in [-0.2, -0.15) is 0 Å². The predicted molar refractivity (Wildman–Crippen MR) is 99.5 cm³/mol. The number of aryl methyl sites for hydroxylation is 1. The number of hydrogen-bond donors (Lipinski definition) is 1. The van der Waals surface area contributed by atoms with E-state index < -0.39 is 0 Å². The Morgan fingerprint density at radius 1 is 0.960 bits per heavy atom. The highest BCUT2D eigenvalue weighted by molar-refractivity contribution is 5.86. The highest BCUT2D eigenvalue weighted by atomic mass is 16.3. The number of nitrogens with zero attached hydrogens (tertiary/aromatic N) is 2. The van der Waals surface area contributed by atoms with Gasteiger partial charge in [0, 0.05) is 17.3 Å². The first kappa shape index (κ1) is 15.1. The van der Waals surface area contributed by atoms with E-state index in [9.17, 15) is 5.11 Å². The van der Waals surface area contributed by atoms with Gasteiger partial charge in [0.15, 0.2) is 5.58 Å². The number of aromatic nitrogens is 1. The molecule has 1 aromatic heterocycles. The van der Waals surface area contributed by atoms with Gasteiger partial charge in [0.25, 0.3) is 0 Å². The SMILES string of the molecule is Cc1cccc(C=Nc2ccc(-c3nc4ccccc4o3)cc2)c1O. The minimum Gasteiger partial charge on any atom is -0.507 e. The highest BCUT2D eigenvalue weighted by Gasteiger charge is 2.07. The normalized spacial score (nSPS) is 11.4. The molecule has 0 saturated heterocycles. The topological polar surface area (TPSA) is 58.6 Å². The monoisotopic (exact) mass is 328 g/mol. The molecule has 0 amide bonds. The van der Waals surface area contributed by atoms with Crippen molar-refractivity contribution in [3.8, 4) is 17.2 Å². The average molecular weight is 328 g/mol. The summed E-state index contributed by atoms with van der Waals surface area (Å²) in [7, 11) is 0. The number of aromatic hydroxyl groups is 1. The molecular formula is C21H16N2O2. The van der Waals surface area contributed by atoms with E-state index in [1.165, 1.54) is 0 Å². The van der Waals surface area contributed by atoms with E-state index in [-0.39, 0.29) is 5.75 Å². The van der Waals surface area contributed by atoms with Crippen LogP contribution in [0.4, 0.5) is 5.69 Å². The molecule has 1 N–H and O–H groups in total. The van der Waals surface area contributed by atoms with Gasteiger partial charge < -0.3 is 9.52 Å². The van der Waals surface area contributed by atoms with Crippen molar-refractivity contribution in [2.75, 3.05) is 0 Å². The molecule has 0 fully saturated rings. The van der Waals surface area contributed by atoms with Crippen LogP contribution >= 0.6 is 0 Å². The molecule has 4 rings (SSSR count). The maximum atomic E-state index is 10.0. The lowest BCUT2D eigenvalue weighted by Gasteiger charge is -2.02. The van der Waals surface area contributed by atoms with Crippen LogP contribution in [0, 0.1) is 6.92 Å². The second-order valence-electron chi connectivity index (χ2n) is 5.80. The number of fused-ring (bicyclic) bond motifs is 1. The summed E-state index contributed by atoms with van der Waals surface area (Å²) in [4.78, 5) is 8.91. The molecule has 4 nitrogen and oxygen atoms in total. The maximum Gasteiger partial charge on any atom is 0.227 e. The largest absolute Gasteiger partial charge is 0.507 e. The third-order valence-corrected chi connectivity index (χ3v) is 4.03. The lowest BCUT2D eigenvalue weighted by atomic mass is 10.1. The van der Waals surface area contributed by atoms with Crippen LogP contribution < -0.4 is 0 Å². The Morgan fingerprint density at radius 2 is 1.76 bits per heavy atom. The fourth-order valence-corrected chi connectivity index (χ4v) is 2.62. The Kier molecular flexibility index (Phi) is 3.78. The average Bonchev–Trinajstić information content (AvgIpc) is 3.07. The Hall–Kier alpha value is -3.40. The first-order valence-corrected chi connectivity index (χ1v) is 7.99. The van der Waals surface area contributed by atoms with Crippen molar-refractivity contribution < 1.29 is 9.52 Å². The molecule has 0 saturated carbocycles. The molecule has 0 aliphatic heterocycles. The van der Waals surface area contributed by atoms with E-state index in [2.05, 4.69) is 9.98 Å². The van der Waals surface area contributed by atoms with Gasteiger partial charge in [0.2, 0.25) is 5.89 Å². The minimum absolute atomic E-state index is 0.259. The van der Waals surface area contributed by atoms with Crippen LogP contribution in [0.5, 0.6) is 5.75 Å². The number of hydrogen-bond acceptors (Lipinski definition) is 4. The van der Waals surface area contributed by atoms with Crippen LogP contribution in [0.25, 0.3) is 22.6 Å². The molecule has 1 heterocycles. The smallest absolute Gasteiger partial charge is 0.227 e. The number of phenolic OH excluding ortho intramolecular Hbond substituents is 1. The van der Waals surface area contributed by atoms with Gasteiger partial charge in [-0.25, -0.2) is 4.98 Å². The number of phenols is 1. The van der Waals surface area contributed by atoms with Crippen LogP contribution in [0.2, 0.25) is 0 Å². The number of para-hydroxylation sites is 3. The lowest BCUT2D eigenvalue weighted by molar-refractivity contribution is 0.470. The van der Waals surface area contributed by atoms with Gasteiger partial charge in [0.1, 0.15) is 11.3 Å². The third kappa shape index (κ3) is 3.02. The maximum absolute atomic E-state index is 10.0. The van der Waals surface area contributed by atoms with E-state index in [0.717, 1.165) is 27.9 Å². The molecule has 4 aromatic rings. The van der Waals surface area contributed by atoms with Crippen molar-refractivity contribution in [3.05, 3.63) is 77.9 Å². The van der Waals surface area contributed by atoms with Crippen molar-refractivity contribution in [1.82, 2.24) is 4.98 Å². The fourth-order valence-electron chi connectivity index (χ4n) is 2.62. The van der Waals surface area contributed by atoms with Crippen molar-refractivity contribution in [2.24, 2.45) is 4.99 Å². The van der Waals surface area contributed by atoms with Gasteiger partial charge in [-0.05, 0) is 55.0 Å².